The first-order valence-electron chi connectivity index (χ1n) is 7.96. The van der Waals surface area contributed by atoms with E-state index in [0.717, 1.165) is 5.56 Å². The molecule has 7 nitrogen and oxygen atoms in total. The largest absolute Gasteiger partial charge is 0.493 e. The van der Waals surface area contributed by atoms with Crippen LogP contribution in [0.15, 0.2) is 41.5 Å². The zero-order chi connectivity index (χ0) is 19.8. The fourth-order valence-electron chi connectivity index (χ4n) is 2.13. The summed E-state index contributed by atoms with van der Waals surface area (Å²) in [6, 6.07) is 10.0. The number of aryl methyl sites for hydroxylation is 1. The molecule has 0 bridgehead atoms. The minimum Gasteiger partial charge on any atom is -0.493 e. The Bertz CT molecular complexity index is 867. The molecule has 2 rings (SSSR count). The summed E-state index contributed by atoms with van der Waals surface area (Å²) in [7, 11) is 1.46. The first-order chi connectivity index (χ1) is 12.9. The molecule has 2 aromatic carbocycles. The van der Waals surface area contributed by atoms with E-state index >= 15 is 0 Å². The van der Waals surface area contributed by atoms with Crippen LogP contribution in [0, 0.1) is 6.92 Å². The average molecular weight is 391 g/mol. The first-order valence-corrected chi connectivity index (χ1v) is 8.34. The number of carbonyl (C=O) groups is 2. The van der Waals surface area contributed by atoms with E-state index in [1.54, 1.807) is 36.4 Å². The van der Waals surface area contributed by atoms with Gasteiger partial charge in [0.05, 0.1) is 13.3 Å². The van der Waals surface area contributed by atoms with Crippen molar-refractivity contribution in [2.75, 3.05) is 13.7 Å². The maximum atomic E-state index is 11.8. The highest BCUT2D eigenvalue weighted by atomic mass is 35.5. The minimum absolute atomic E-state index is 0.186. The van der Waals surface area contributed by atoms with Crippen molar-refractivity contribution in [3.05, 3.63) is 52.5 Å². The Balaban J connectivity index is 1.90. The number of rotatable bonds is 7. The van der Waals surface area contributed by atoms with E-state index in [1.165, 1.54) is 20.2 Å². The molecule has 0 unspecified atom stereocenters. The maximum Gasteiger partial charge on any atom is 0.308 e. The van der Waals surface area contributed by atoms with E-state index in [-0.39, 0.29) is 6.61 Å². The molecule has 1 amide bonds. The van der Waals surface area contributed by atoms with Crippen LogP contribution in [-0.2, 0) is 9.59 Å². The van der Waals surface area contributed by atoms with Crippen molar-refractivity contribution in [1.82, 2.24) is 5.43 Å². The number of methoxy groups -OCH3 is 1. The molecular formula is C19H19ClN2O5. The van der Waals surface area contributed by atoms with Crippen molar-refractivity contribution < 1.29 is 23.8 Å². The number of benzene rings is 2. The topological polar surface area (TPSA) is 86.2 Å². The highest BCUT2D eigenvalue weighted by Crippen LogP contribution is 2.27. The van der Waals surface area contributed by atoms with Crippen molar-refractivity contribution >= 4 is 29.7 Å². The molecule has 0 heterocycles. The minimum atomic E-state index is -0.446. The predicted molar refractivity (Wildman–Crippen MR) is 102 cm³/mol. The zero-order valence-electron chi connectivity index (χ0n) is 15.1. The van der Waals surface area contributed by atoms with Gasteiger partial charge in [-0.25, -0.2) is 5.43 Å². The Kier molecular flexibility index (Phi) is 7.19. The fraction of sp³-hybridized carbons (Fsp3) is 0.211. The molecule has 0 radical (unpaired) electrons. The normalized spacial score (nSPS) is 10.5. The monoisotopic (exact) mass is 390 g/mol. The number of hydrogen-bond acceptors (Lipinski definition) is 6. The van der Waals surface area contributed by atoms with Crippen LogP contribution in [0.25, 0.3) is 0 Å². The van der Waals surface area contributed by atoms with Crippen molar-refractivity contribution in [1.29, 1.82) is 0 Å². The number of hydrogen-bond donors (Lipinski definition) is 1. The molecule has 0 aliphatic heterocycles. The third-order valence-corrected chi connectivity index (χ3v) is 3.58. The van der Waals surface area contributed by atoms with Crippen LogP contribution in [0.1, 0.15) is 18.1 Å². The summed E-state index contributed by atoms with van der Waals surface area (Å²) in [5.41, 5.74) is 3.85. The standard InChI is InChI=1S/C19H19ClN2O5/c1-12-8-15(20)5-7-16(12)26-11-19(24)22-21-10-14-4-6-17(27-13(2)23)18(9-14)25-3/h4-10H,11H2,1-3H3,(H,22,24)/b21-10+. The number of amides is 1. The molecule has 0 aromatic heterocycles. The Labute approximate surface area is 161 Å². The highest BCUT2D eigenvalue weighted by molar-refractivity contribution is 6.30. The van der Waals surface area contributed by atoms with Gasteiger partial charge in [-0.2, -0.15) is 5.10 Å². The van der Waals surface area contributed by atoms with Gasteiger partial charge in [0.25, 0.3) is 5.91 Å². The van der Waals surface area contributed by atoms with Crippen LogP contribution in [0.3, 0.4) is 0 Å². The molecule has 8 heteroatoms. The van der Waals surface area contributed by atoms with E-state index in [9.17, 15) is 9.59 Å². The summed E-state index contributed by atoms with van der Waals surface area (Å²) >= 11 is 5.88. The van der Waals surface area contributed by atoms with Crippen molar-refractivity contribution in [2.45, 2.75) is 13.8 Å². The molecular weight excluding hydrogens is 372 g/mol. The van der Waals surface area contributed by atoms with E-state index < -0.39 is 11.9 Å². The van der Waals surface area contributed by atoms with Crippen LogP contribution in [-0.4, -0.2) is 31.8 Å². The van der Waals surface area contributed by atoms with Gasteiger partial charge in [0.15, 0.2) is 18.1 Å². The second kappa shape index (κ2) is 9.59. The number of hydrazone groups is 1. The molecule has 1 N–H and O–H groups in total. The molecule has 0 saturated carbocycles. The Morgan fingerprint density at radius 1 is 1.15 bits per heavy atom. The van der Waals surface area contributed by atoms with Gasteiger partial charge >= 0.3 is 5.97 Å². The third kappa shape index (κ3) is 6.31. The van der Waals surface area contributed by atoms with E-state index in [1.807, 2.05) is 6.92 Å². The summed E-state index contributed by atoms with van der Waals surface area (Å²) in [5.74, 6) is 0.395. The van der Waals surface area contributed by atoms with Gasteiger partial charge in [0, 0.05) is 11.9 Å². The Hall–Kier alpha value is -3.06. The van der Waals surface area contributed by atoms with Gasteiger partial charge in [0.2, 0.25) is 0 Å². The van der Waals surface area contributed by atoms with Crippen LogP contribution in [0.5, 0.6) is 17.2 Å². The third-order valence-electron chi connectivity index (χ3n) is 3.34. The lowest BCUT2D eigenvalue weighted by Crippen LogP contribution is -2.24. The van der Waals surface area contributed by atoms with Gasteiger partial charge in [-0.3, -0.25) is 9.59 Å². The Morgan fingerprint density at radius 3 is 2.56 bits per heavy atom. The second-order valence-electron chi connectivity index (χ2n) is 5.50. The van der Waals surface area contributed by atoms with Crippen molar-refractivity contribution in [3.8, 4) is 17.2 Å². The van der Waals surface area contributed by atoms with Crippen LogP contribution < -0.4 is 19.6 Å². The quantitative estimate of drug-likeness (QED) is 0.340. The summed E-state index contributed by atoms with van der Waals surface area (Å²) in [6.07, 6.45) is 1.44. The number of nitrogens with one attached hydrogen (secondary N) is 1. The van der Waals surface area contributed by atoms with Gasteiger partial charge in [-0.05, 0) is 54.4 Å². The predicted octanol–water partition coefficient (Wildman–Crippen LogP) is 3.11. The molecule has 0 spiro atoms. The van der Waals surface area contributed by atoms with Crippen molar-refractivity contribution in [2.24, 2.45) is 5.10 Å². The maximum absolute atomic E-state index is 11.8. The summed E-state index contributed by atoms with van der Waals surface area (Å²) in [4.78, 5) is 22.9. The molecule has 0 aliphatic carbocycles. The smallest absolute Gasteiger partial charge is 0.308 e. The lowest BCUT2D eigenvalue weighted by atomic mass is 10.2. The summed E-state index contributed by atoms with van der Waals surface area (Å²) < 4.78 is 15.6. The molecule has 0 aliphatic rings. The number of esters is 1. The molecule has 2 aromatic rings. The van der Waals surface area contributed by atoms with Crippen LogP contribution >= 0.6 is 11.6 Å². The molecule has 0 atom stereocenters. The molecule has 0 saturated heterocycles. The summed E-state index contributed by atoms with van der Waals surface area (Å²) in [5, 5.41) is 4.47. The molecule has 27 heavy (non-hydrogen) atoms. The highest BCUT2D eigenvalue weighted by Gasteiger charge is 2.08. The number of carbonyl (C=O) groups excluding carboxylic acids is 2. The number of ether oxygens (including phenoxy) is 3. The number of halogens is 1. The molecule has 142 valence electrons. The van der Waals surface area contributed by atoms with Crippen molar-refractivity contribution in [3.63, 3.8) is 0 Å². The van der Waals surface area contributed by atoms with E-state index in [4.69, 9.17) is 25.8 Å². The fourth-order valence-corrected chi connectivity index (χ4v) is 2.36. The summed E-state index contributed by atoms with van der Waals surface area (Å²) in [6.45, 7) is 2.95. The first kappa shape index (κ1) is 20.3. The second-order valence-corrected chi connectivity index (χ2v) is 5.93. The van der Waals surface area contributed by atoms with Gasteiger partial charge < -0.3 is 14.2 Å². The average Bonchev–Trinajstić information content (AvgIpc) is 2.61. The van der Waals surface area contributed by atoms with Crippen LogP contribution in [0.2, 0.25) is 5.02 Å². The van der Waals surface area contributed by atoms with E-state index in [0.29, 0.717) is 27.8 Å². The lowest BCUT2D eigenvalue weighted by molar-refractivity contribution is -0.132. The SMILES string of the molecule is COc1cc(/C=N/NC(=O)COc2ccc(Cl)cc2C)ccc1OC(C)=O. The number of nitrogens with zero attached hydrogens (tertiary/aromatic N) is 1. The Morgan fingerprint density at radius 2 is 1.89 bits per heavy atom. The lowest BCUT2D eigenvalue weighted by Gasteiger charge is -2.09. The van der Waals surface area contributed by atoms with Gasteiger partial charge in [0.1, 0.15) is 5.75 Å². The van der Waals surface area contributed by atoms with Gasteiger partial charge in [-0.1, -0.05) is 11.6 Å². The zero-order valence-corrected chi connectivity index (χ0v) is 15.9. The van der Waals surface area contributed by atoms with Gasteiger partial charge in [-0.15, -0.1) is 0 Å². The molecule has 0 fully saturated rings. The van der Waals surface area contributed by atoms with Crippen LogP contribution in [0.4, 0.5) is 0 Å². The van der Waals surface area contributed by atoms with E-state index in [2.05, 4.69) is 10.5 Å².